The molecule has 0 spiro atoms. The van der Waals surface area contributed by atoms with Crippen LogP contribution in [0.25, 0.3) is 10.9 Å². The van der Waals surface area contributed by atoms with Gasteiger partial charge in [-0.3, -0.25) is 9.78 Å². The van der Waals surface area contributed by atoms with Crippen molar-refractivity contribution >= 4 is 28.4 Å². The van der Waals surface area contributed by atoms with Gasteiger partial charge in [0.2, 0.25) is 0 Å². The van der Waals surface area contributed by atoms with Crippen LogP contribution in [0.15, 0.2) is 48.5 Å². The highest BCUT2D eigenvalue weighted by Crippen LogP contribution is 2.21. The minimum Gasteiger partial charge on any atom is -0.484 e. The molecule has 3 rings (SSSR count). The first kappa shape index (κ1) is 17.2. The van der Waals surface area contributed by atoms with E-state index in [1.54, 1.807) is 12.1 Å². The van der Waals surface area contributed by atoms with Gasteiger partial charge in [-0.25, -0.2) is 0 Å². The molecule has 2 aromatic carbocycles. The molecule has 1 heterocycles. The quantitative estimate of drug-likeness (QED) is 0.747. The number of hydrogen-bond donors (Lipinski definition) is 1. The van der Waals surface area contributed by atoms with Crippen LogP contribution in [0.4, 0.5) is 0 Å². The molecule has 0 saturated heterocycles. The van der Waals surface area contributed by atoms with E-state index in [2.05, 4.69) is 10.3 Å². The number of nitrogens with zero attached hydrogens (tertiary/aromatic N) is 1. The van der Waals surface area contributed by atoms with Crippen LogP contribution < -0.4 is 10.1 Å². The van der Waals surface area contributed by atoms with E-state index in [1.165, 1.54) is 0 Å². The van der Waals surface area contributed by atoms with E-state index in [-0.39, 0.29) is 12.5 Å². The molecule has 25 heavy (non-hydrogen) atoms. The molecule has 0 atom stereocenters. The number of nitrogens with one attached hydrogen (secondary N) is 1. The number of carbonyl (C=O) groups is 1. The number of benzene rings is 2. The second kappa shape index (κ2) is 7.53. The van der Waals surface area contributed by atoms with Gasteiger partial charge in [-0.1, -0.05) is 29.8 Å². The van der Waals surface area contributed by atoms with Crippen molar-refractivity contribution in [1.82, 2.24) is 10.3 Å². The molecule has 0 aliphatic heterocycles. The largest absolute Gasteiger partial charge is 0.484 e. The molecule has 0 aliphatic rings. The number of aromatic nitrogens is 1. The van der Waals surface area contributed by atoms with Crippen molar-refractivity contribution in [3.05, 3.63) is 70.4 Å². The highest BCUT2D eigenvalue weighted by atomic mass is 35.5. The Morgan fingerprint density at radius 1 is 1.16 bits per heavy atom. The summed E-state index contributed by atoms with van der Waals surface area (Å²) in [7, 11) is 0. The van der Waals surface area contributed by atoms with Crippen molar-refractivity contribution in [2.45, 2.75) is 20.4 Å². The molecule has 5 heteroatoms. The normalized spacial score (nSPS) is 10.7. The van der Waals surface area contributed by atoms with Crippen molar-refractivity contribution in [2.75, 3.05) is 6.61 Å². The number of carbonyl (C=O) groups excluding carboxylic acids is 1. The molecular weight excluding hydrogens is 336 g/mol. The summed E-state index contributed by atoms with van der Waals surface area (Å²) in [5, 5.41) is 4.62. The molecule has 0 fully saturated rings. The van der Waals surface area contributed by atoms with Crippen molar-refractivity contribution in [2.24, 2.45) is 0 Å². The summed E-state index contributed by atoms with van der Waals surface area (Å²) >= 11 is 5.98. The smallest absolute Gasteiger partial charge is 0.258 e. The van der Waals surface area contributed by atoms with Crippen LogP contribution in [0.1, 0.15) is 16.8 Å². The van der Waals surface area contributed by atoms with Crippen molar-refractivity contribution < 1.29 is 9.53 Å². The van der Waals surface area contributed by atoms with E-state index in [1.807, 2.05) is 50.2 Å². The van der Waals surface area contributed by atoms with Crippen LogP contribution in [-0.4, -0.2) is 17.5 Å². The summed E-state index contributed by atoms with van der Waals surface area (Å²) in [5.41, 5.74) is 3.81. The van der Waals surface area contributed by atoms with Crippen LogP contribution in [-0.2, 0) is 11.3 Å². The van der Waals surface area contributed by atoms with Gasteiger partial charge in [0, 0.05) is 22.6 Å². The van der Waals surface area contributed by atoms with Crippen LogP contribution in [0.5, 0.6) is 5.75 Å². The van der Waals surface area contributed by atoms with Gasteiger partial charge in [0.1, 0.15) is 5.75 Å². The Morgan fingerprint density at radius 2 is 1.96 bits per heavy atom. The van der Waals surface area contributed by atoms with E-state index >= 15 is 0 Å². The Balaban J connectivity index is 1.62. The zero-order valence-electron chi connectivity index (χ0n) is 14.2. The third kappa shape index (κ3) is 4.28. The van der Waals surface area contributed by atoms with E-state index in [4.69, 9.17) is 16.3 Å². The Kier molecular flexibility index (Phi) is 5.19. The maximum absolute atomic E-state index is 12.1. The molecule has 0 aliphatic carbocycles. The van der Waals surface area contributed by atoms with Gasteiger partial charge in [0.15, 0.2) is 6.61 Å². The molecule has 0 radical (unpaired) electrons. The van der Waals surface area contributed by atoms with E-state index in [0.29, 0.717) is 17.3 Å². The van der Waals surface area contributed by atoms with Crippen molar-refractivity contribution in [3.63, 3.8) is 0 Å². The molecule has 4 nitrogen and oxygen atoms in total. The number of pyridine rings is 1. The number of fused-ring (bicyclic) bond motifs is 1. The number of aryl methyl sites for hydroxylation is 2. The van der Waals surface area contributed by atoms with Gasteiger partial charge in [-0.15, -0.1) is 0 Å². The molecule has 0 unspecified atom stereocenters. The first-order valence-corrected chi connectivity index (χ1v) is 8.41. The lowest BCUT2D eigenvalue weighted by Crippen LogP contribution is -2.28. The Hall–Kier alpha value is -2.59. The second-order valence-corrected chi connectivity index (χ2v) is 6.32. The van der Waals surface area contributed by atoms with E-state index in [0.717, 1.165) is 27.7 Å². The topological polar surface area (TPSA) is 51.2 Å². The molecule has 1 N–H and O–H groups in total. The number of hydrogen-bond acceptors (Lipinski definition) is 3. The number of para-hydroxylation sites is 1. The number of halogens is 1. The Labute approximate surface area is 151 Å². The van der Waals surface area contributed by atoms with Crippen LogP contribution in [0, 0.1) is 13.8 Å². The highest BCUT2D eigenvalue weighted by molar-refractivity contribution is 6.31. The number of ether oxygens (including phenoxy) is 1. The fraction of sp³-hybridized carbons (Fsp3) is 0.200. The summed E-state index contributed by atoms with van der Waals surface area (Å²) in [6.07, 6.45) is 0. The molecule has 1 amide bonds. The first-order valence-electron chi connectivity index (χ1n) is 8.04. The summed E-state index contributed by atoms with van der Waals surface area (Å²) < 4.78 is 5.52. The Morgan fingerprint density at radius 3 is 2.76 bits per heavy atom. The summed E-state index contributed by atoms with van der Waals surface area (Å²) in [6, 6.07) is 15.2. The summed E-state index contributed by atoms with van der Waals surface area (Å²) in [4.78, 5) is 16.6. The second-order valence-electron chi connectivity index (χ2n) is 5.92. The zero-order chi connectivity index (χ0) is 17.8. The molecule has 0 saturated carbocycles. The number of rotatable bonds is 5. The monoisotopic (exact) mass is 354 g/mol. The lowest BCUT2D eigenvalue weighted by Gasteiger charge is -2.11. The molecule has 3 aromatic rings. The molecular formula is C20H19ClN2O2. The average molecular weight is 355 g/mol. The minimum absolute atomic E-state index is 0.0386. The SMILES string of the molecule is Cc1cc(CNC(=O)COc2ccc(Cl)c(C)c2)c2ccccc2n1. The predicted molar refractivity (Wildman–Crippen MR) is 100 cm³/mol. The zero-order valence-corrected chi connectivity index (χ0v) is 14.9. The standard InChI is InChI=1S/C20H19ClN2O2/c1-13-9-16(7-8-18(13)21)25-12-20(24)22-11-15-10-14(2)23-19-6-4-3-5-17(15)19/h3-10H,11-12H2,1-2H3,(H,22,24). The molecule has 128 valence electrons. The maximum atomic E-state index is 12.1. The van der Waals surface area contributed by atoms with Gasteiger partial charge < -0.3 is 10.1 Å². The minimum atomic E-state index is -0.175. The maximum Gasteiger partial charge on any atom is 0.258 e. The van der Waals surface area contributed by atoms with Crippen LogP contribution in [0.3, 0.4) is 0 Å². The van der Waals surface area contributed by atoms with Crippen LogP contribution in [0.2, 0.25) is 5.02 Å². The van der Waals surface area contributed by atoms with Gasteiger partial charge in [-0.2, -0.15) is 0 Å². The molecule has 0 bridgehead atoms. The van der Waals surface area contributed by atoms with E-state index < -0.39 is 0 Å². The summed E-state index contributed by atoms with van der Waals surface area (Å²) in [5.74, 6) is 0.452. The van der Waals surface area contributed by atoms with E-state index in [9.17, 15) is 4.79 Å². The summed E-state index contributed by atoms with van der Waals surface area (Å²) in [6.45, 7) is 4.24. The number of amides is 1. The Bertz CT molecular complexity index is 925. The predicted octanol–water partition coefficient (Wildman–Crippen LogP) is 4.20. The van der Waals surface area contributed by atoms with Gasteiger partial charge in [0.05, 0.1) is 5.52 Å². The lowest BCUT2D eigenvalue weighted by molar-refractivity contribution is -0.123. The molecule has 1 aromatic heterocycles. The third-order valence-electron chi connectivity index (χ3n) is 3.91. The van der Waals surface area contributed by atoms with Crippen LogP contribution >= 0.6 is 11.6 Å². The fourth-order valence-electron chi connectivity index (χ4n) is 2.64. The third-order valence-corrected chi connectivity index (χ3v) is 4.33. The van der Waals surface area contributed by atoms with Gasteiger partial charge in [0.25, 0.3) is 5.91 Å². The first-order chi connectivity index (χ1) is 12.0. The highest BCUT2D eigenvalue weighted by Gasteiger charge is 2.07. The average Bonchev–Trinajstić information content (AvgIpc) is 2.60. The van der Waals surface area contributed by atoms with Gasteiger partial charge in [-0.05, 0) is 55.3 Å². The lowest BCUT2D eigenvalue weighted by atomic mass is 10.1. The fourth-order valence-corrected chi connectivity index (χ4v) is 2.76. The van der Waals surface area contributed by atoms with Crippen molar-refractivity contribution in [1.29, 1.82) is 0 Å². The van der Waals surface area contributed by atoms with Gasteiger partial charge >= 0.3 is 0 Å². The van der Waals surface area contributed by atoms with Crippen molar-refractivity contribution in [3.8, 4) is 5.75 Å².